The fourth-order valence-corrected chi connectivity index (χ4v) is 2.05. The molecule has 0 heterocycles. The highest BCUT2D eigenvalue weighted by molar-refractivity contribution is 5.91. The van der Waals surface area contributed by atoms with Crippen LogP contribution in [0, 0.1) is 0 Å². The summed E-state index contributed by atoms with van der Waals surface area (Å²) in [5.74, 6) is -1.04. The van der Waals surface area contributed by atoms with Gasteiger partial charge in [-0.3, -0.25) is 0 Å². The maximum Gasteiger partial charge on any atom is 0.331 e. The number of esters is 2. The van der Waals surface area contributed by atoms with Gasteiger partial charge in [0, 0.05) is 12.2 Å². The number of ether oxygens (including phenoxy) is 2. The molecule has 116 valence electrons. The first kappa shape index (κ1) is 18.7. The van der Waals surface area contributed by atoms with Crippen LogP contribution >= 0.6 is 0 Å². The van der Waals surface area contributed by atoms with Gasteiger partial charge in [-0.1, -0.05) is 26.7 Å². The second-order valence-corrected chi connectivity index (χ2v) is 6.19. The molecule has 0 aromatic rings. The third-order valence-corrected chi connectivity index (χ3v) is 2.81. The van der Waals surface area contributed by atoms with Gasteiger partial charge in [0.25, 0.3) is 0 Å². The maximum absolute atomic E-state index is 11.6. The van der Waals surface area contributed by atoms with Crippen LogP contribution in [-0.4, -0.2) is 23.1 Å². The van der Waals surface area contributed by atoms with Gasteiger partial charge in [-0.15, -0.1) is 0 Å². The molecule has 0 aliphatic heterocycles. The second kappa shape index (κ2) is 8.08. The molecule has 0 spiro atoms. The van der Waals surface area contributed by atoms with Crippen LogP contribution in [0.2, 0.25) is 0 Å². The van der Waals surface area contributed by atoms with E-state index in [0.29, 0.717) is 0 Å². The molecule has 0 saturated carbocycles. The molecule has 0 aliphatic rings. The first-order chi connectivity index (χ1) is 9.12. The highest BCUT2D eigenvalue weighted by Gasteiger charge is 2.22. The normalized spacial score (nSPS) is 12.5. The van der Waals surface area contributed by atoms with E-state index in [1.54, 1.807) is 0 Å². The summed E-state index contributed by atoms with van der Waals surface area (Å²) in [6.45, 7) is 11.5. The monoisotopic (exact) mass is 284 g/mol. The average molecular weight is 284 g/mol. The highest BCUT2D eigenvalue weighted by atomic mass is 16.6. The van der Waals surface area contributed by atoms with Crippen molar-refractivity contribution in [3.05, 3.63) is 12.2 Å². The van der Waals surface area contributed by atoms with Crippen LogP contribution in [0.15, 0.2) is 12.2 Å². The minimum absolute atomic E-state index is 0.512. The zero-order chi connectivity index (χ0) is 15.8. The van der Waals surface area contributed by atoms with E-state index in [2.05, 4.69) is 0 Å². The number of rotatable bonds is 8. The van der Waals surface area contributed by atoms with Crippen molar-refractivity contribution < 1.29 is 19.1 Å². The Morgan fingerprint density at radius 1 is 0.800 bits per heavy atom. The van der Waals surface area contributed by atoms with Crippen molar-refractivity contribution >= 4 is 11.9 Å². The molecular weight excluding hydrogens is 256 g/mol. The zero-order valence-electron chi connectivity index (χ0n) is 13.6. The molecule has 0 unspecified atom stereocenters. The van der Waals surface area contributed by atoms with E-state index in [-0.39, 0.29) is 0 Å². The van der Waals surface area contributed by atoms with Gasteiger partial charge >= 0.3 is 11.9 Å². The van der Waals surface area contributed by atoms with E-state index in [4.69, 9.17) is 9.47 Å². The van der Waals surface area contributed by atoms with E-state index < -0.39 is 23.1 Å². The Morgan fingerprint density at radius 3 is 1.35 bits per heavy atom. The fourth-order valence-electron chi connectivity index (χ4n) is 2.05. The second-order valence-electron chi connectivity index (χ2n) is 6.19. The smallest absolute Gasteiger partial charge is 0.331 e. The molecule has 0 N–H and O–H groups in total. The van der Waals surface area contributed by atoms with Gasteiger partial charge in [0.2, 0.25) is 0 Å². The summed E-state index contributed by atoms with van der Waals surface area (Å²) in [4.78, 5) is 23.2. The number of hydrogen-bond donors (Lipinski definition) is 0. The number of hydrogen-bond acceptors (Lipinski definition) is 4. The molecule has 20 heavy (non-hydrogen) atoms. The Morgan fingerprint density at radius 2 is 1.10 bits per heavy atom. The summed E-state index contributed by atoms with van der Waals surface area (Å²) in [7, 11) is 0. The van der Waals surface area contributed by atoms with E-state index >= 15 is 0 Å². The van der Waals surface area contributed by atoms with Crippen molar-refractivity contribution in [3.63, 3.8) is 0 Å². The maximum atomic E-state index is 11.6. The molecule has 0 rings (SSSR count). The summed E-state index contributed by atoms with van der Waals surface area (Å²) < 4.78 is 10.5. The van der Waals surface area contributed by atoms with E-state index in [1.807, 2.05) is 41.5 Å². The molecule has 0 aromatic carbocycles. The summed E-state index contributed by atoms with van der Waals surface area (Å²) >= 11 is 0. The van der Waals surface area contributed by atoms with Crippen molar-refractivity contribution in [2.75, 3.05) is 0 Å². The minimum atomic E-state index is -0.520. The van der Waals surface area contributed by atoms with E-state index in [9.17, 15) is 9.59 Å². The standard InChI is InChI=1S/C16H28O4/c1-7-11-15(3,4)19-13(17)9-10-14(18)20-16(5,6)12-8-2/h9-10H,7-8,11-12H2,1-6H3/b10-9+. The minimum Gasteiger partial charge on any atom is -0.457 e. The van der Waals surface area contributed by atoms with Gasteiger partial charge in [-0.2, -0.15) is 0 Å². The fraction of sp³-hybridized carbons (Fsp3) is 0.750. The van der Waals surface area contributed by atoms with Crippen LogP contribution in [0.4, 0.5) is 0 Å². The number of carbonyl (C=O) groups excluding carboxylic acids is 2. The molecule has 0 amide bonds. The van der Waals surface area contributed by atoms with Crippen LogP contribution < -0.4 is 0 Å². The third-order valence-electron chi connectivity index (χ3n) is 2.81. The predicted octanol–water partition coefficient (Wildman–Crippen LogP) is 3.79. The molecule has 0 saturated heterocycles. The van der Waals surface area contributed by atoms with Crippen molar-refractivity contribution in [2.24, 2.45) is 0 Å². The molecule has 0 aromatic heterocycles. The lowest BCUT2D eigenvalue weighted by atomic mass is 10.0. The lowest BCUT2D eigenvalue weighted by Crippen LogP contribution is -2.28. The van der Waals surface area contributed by atoms with Crippen molar-refractivity contribution in [2.45, 2.75) is 78.4 Å². The van der Waals surface area contributed by atoms with Gasteiger partial charge in [0.15, 0.2) is 0 Å². The van der Waals surface area contributed by atoms with E-state index in [0.717, 1.165) is 37.8 Å². The summed E-state index contributed by atoms with van der Waals surface area (Å²) in [5, 5.41) is 0. The summed E-state index contributed by atoms with van der Waals surface area (Å²) in [6.07, 6.45) is 5.67. The lowest BCUT2D eigenvalue weighted by Gasteiger charge is -2.24. The van der Waals surface area contributed by atoms with Gasteiger partial charge in [0.05, 0.1) is 0 Å². The molecule has 0 fully saturated rings. The van der Waals surface area contributed by atoms with Crippen LogP contribution in [0.25, 0.3) is 0 Å². The molecule has 4 heteroatoms. The molecule has 0 bridgehead atoms. The van der Waals surface area contributed by atoms with Gasteiger partial charge in [-0.25, -0.2) is 9.59 Å². The highest BCUT2D eigenvalue weighted by Crippen LogP contribution is 2.18. The third kappa shape index (κ3) is 8.73. The van der Waals surface area contributed by atoms with E-state index in [1.165, 1.54) is 0 Å². The summed E-state index contributed by atoms with van der Waals surface area (Å²) in [5.41, 5.74) is -1.02. The van der Waals surface area contributed by atoms with Crippen LogP contribution in [0.3, 0.4) is 0 Å². The Balaban J connectivity index is 4.35. The van der Waals surface area contributed by atoms with Crippen molar-refractivity contribution in [3.8, 4) is 0 Å². The largest absolute Gasteiger partial charge is 0.457 e. The Hall–Kier alpha value is -1.32. The molecule has 4 nitrogen and oxygen atoms in total. The summed E-state index contributed by atoms with van der Waals surface area (Å²) in [6, 6.07) is 0. The first-order valence-electron chi connectivity index (χ1n) is 7.26. The van der Waals surface area contributed by atoms with Crippen LogP contribution in [0.1, 0.15) is 67.2 Å². The molecular formula is C16H28O4. The SMILES string of the molecule is CCCC(C)(C)OC(=O)/C=C/C(=O)OC(C)(C)CCC. The van der Waals surface area contributed by atoms with Gasteiger partial charge in [-0.05, 0) is 40.5 Å². The van der Waals surface area contributed by atoms with Gasteiger partial charge < -0.3 is 9.47 Å². The van der Waals surface area contributed by atoms with Crippen molar-refractivity contribution in [1.82, 2.24) is 0 Å². The van der Waals surface area contributed by atoms with Crippen LogP contribution in [-0.2, 0) is 19.1 Å². The molecule has 0 atom stereocenters. The Kier molecular flexibility index (Phi) is 7.54. The number of carbonyl (C=O) groups is 2. The molecule has 0 radical (unpaired) electrons. The Bertz CT molecular complexity index is 319. The quantitative estimate of drug-likeness (QED) is 0.502. The molecule has 0 aliphatic carbocycles. The zero-order valence-corrected chi connectivity index (χ0v) is 13.6. The predicted molar refractivity (Wildman–Crippen MR) is 79.3 cm³/mol. The van der Waals surface area contributed by atoms with Crippen LogP contribution in [0.5, 0.6) is 0 Å². The average Bonchev–Trinajstić information content (AvgIpc) is 2.24. The van der Waals surface area contributed by atoms with Gasteiger partial charge in [0.1, 0.15) is 11.2 Å². The lowest BCUT2D eigenvalue weighted by molar-refractivity contribution is -0.153. The topological polar surface area (TPSA) is 52.6 Å². The Labute approximate surface area is 122 Å². The van der Waals surface area contributed by atoms with Crippen molar-refractivity contribution in [1.29, 1.82) is 0 Å². The first-order valence-corrected chi connectivity index (χ1v) is 7.26.